The number of nitrogens with zero attached hydrogens (tertiary/aromatic N) is 2. The van der Waals surface area contributed by atoms with Gasteiger partial charge in [-0.05, 0) is 0 Å². The lowest BCUT2D eigenvalue weighted by Gasteiger charge is -1.00. The van der Waals surface area contributed by atoms with Gasteiger partial charge in [-0.1, -0.05) is 11.2 Å². The van der Waals surface area contributed by atoms with Crippen LogP contribution in [0.25, 0.3) is 0 Å². The van der Waals surface area contributed by atoms with E-state index in [0.717, 1.165) is 0 Å². The van der Waals surface area contributed by atoms with Crippen molar-refractivity contribution in [2.45, 2.75) is 0 Å². The molecule has 0 aromatic carbocycles. The molecule has 0 spiro atoms. The van der Waals surface area contributed by atoms with Crippen molar-refractivity contribution in [2.24, 2.45) is 0 Å². The lowest BCUT2D eigenvalue weighted by molar-refractivity contribution is 2.13. The van der Waals surface area contributed by atoms with Gasteiger partial charge < -0.3 is 0 Å². The van der Waals surface area contributed by atoms with Crippen LogP contribution in [0.1, 0.15) is 0 Å². The van der Waals surface area contributed by atoms with Crippen molar-refractivity contribution in [2.75, 3.05) is 0 Å². The fourth-order valence-electron chi connectivity index (χ4n) is 0. The third-order valence-corrected chi connectivity index (χ3v) is 0. The van der Waals surface area contributed by atoms with Crippen molar-refractivity contribution in [3.8, 4) is 0 Å². The molecule has 0 saturated carbocycles. The Kier molecular flexibility index (Phi) is 354. The van der Waals surface area contributed by atoms with Gasteiger partial charge in [0, 0.05) is 12.3 Å². The Morgan fingerprint density at radius 1 is 1.00 bits per heavy atom. The molecule has 0 aliphatic heterocycles. The normalized spacial score (nSPS) is 1.50. The molecule has 0 N–H and O–H groups in total. The average Bonchev–Trinajstić information content (AvgIpc) is 1.00. The van der Waals surface area contributed by atoms with E-state index in [0.29, 0.717) is 0 Å². The fourth-order valence-corrected chi connectivity index (χ4v) is 0. The number of halogens is 1. The fraction of sp³-hybridized carbons (Fsp3) is 0. The molecule has 0 saturated heterocycles. The maximum absolute atomic E-state index is 4.33. The topological polar surface area (TPSA) is 61.0 Å². The first-order chi connectivity index (χ1) is 1.00. The maximum atomic E-state index is 4.33. The third kappa shape index (κ3) is 17.3. The molecule has 2 nitrogen and oxygen atoms in total. The molecule has 0 aromatic heterocycles. The van der Waals surface area contributed by atoms with E-state index >= 15 is 0 Å². The van der Waals surface area contributed by atoms with Crippen LogP contribution in [0.4, 0.5) is 0 Å². The van der Waals surface area contributed by atoms with Crippen LogP contribution in [-0.2, 0) is 0 Å². The molecule has 0 aliphatic rings. The van der Waals surface area contributed by atoms with Gasteiger partial charge in [-0.15, -0.1) is 0 Å². The predicted octanol–water partition coefficient (Wildman–Crippen LogP) is 0.589. The quantitative estimate of drug-likeness (QED) is 0.395. The molecular weight excluding hydrogens is 94.4 g/mol. The van der Waals surface area contributed by atoms with Gasteiger partial charge >= 0.3 is 0 Å². The summed E-state index contributed by atoms with van der Waals surface area (Å²) in [5.74, 6) is 0. The molecule has 0 unspecified atom stereocenters. The van der Waals surface area contributed by atoms with Crippen LogP contribution in [0.2, 0.25) is 0 Å². The second kappa shape index (κ2) is 61.9. The first-order valence-electron chi connectivity index (χ1n) is 0.169. The average molecular weight is 94.4 g/mol. The van der Waals surface area contributed by atoms with Gasteiger partial charge in [0.15, 0.2) is 0 Å². The second-order valence-electron chi connectivity index (χ2n) is 0. The zero-order chi connectivity index (χ0) is 2.00. The van der Waals surface area contributed by atoms with Crippen molar-refractivity contribution >= 4 is 19.8 Å². The second-order valence-corrected chi connectivity index (χ2v) is 0. The van der Waals surface area contributed by atoms with Crippen molar-refractivity contribution in [1.29, 1.82) is 0 Å². The molecule has 8 radical (unpaired) electrons. The van der Waals surface area contributed by atoms with E-state index < -0.39 is 0 Å². The van der Waals surface area contributed by atoms with Crippen molar-refractivity contribution < 1.29 is 0 Å². The summed E-state index contributed by atoms with van der Waals surface area (Å²) in [5, 5.41) is 0. The molecule has 0 atom stereocenters. The van der Waals surface area contributed by atoms with Crippen LogP contribution in [0.5, 0.6) is 0 Å². The van der Waals surface area contributed by atoms with Gasteiger partial charge in [0.1, 0.15) is 0 Å². The van der Waals surface area contributed by atoms with E-state index in [-0.39, 0.29) is 12.3 Å². The zero-order valence-electron chi connectivity index (χ0n) is 1.72. The summed E-state index contributed by atoms with van der Waals surface area (Å²) < 4.78 is 0. The maximum Gasteiger partial charge on any atom is 0.0828 e. The van der Waals surface area contributed by atoms with Gasteiger partial charge in [-0.3, -0.25) is 0 Å². The Balaban J connectivity index is -0.00000000500. The molecule has 4 heavy (non-hydrogen) atoms. The smallest absolute Gasteiger partial charge is 0.0828 e. The van der Waals surface area contributed by atoms with Crippen LogP contribution in [0.3, 0.4) is 0 Å². The van der Waals surface area contributed by atoms with Gasteiger partial charge in [0.2, 0.25) is 0 Å². The summed E-state index contributed by atoms with van der Waals surface area (Å²) in [6, 6.07) is 0. The Morgan fingerprint density at radius 2 is 1.00 bits per heavy atom. The highest BCUT2D eigenvalue weighted by molar-refractivity contribution is 7.52. The van der Waals surface area contributed by atoms with Crippen molar-refractivity contribution in [1.82, 2.24) is 12.3 Å². The molecule has 0 heterocycles. The highest BCUT2D eigenvalue weighted by atomic mass is 35.7. The summed E-state index contributed by atoms with van der Waals surface area (Å²) >= 11 is 4.33. The molecule has 0 rings (SSSR count). The molecule has 0 fully saturated rings. The summed E-state index contributed by atoms with van der Waals surface area (Å²) in [6.45, 7) is 0. The predicted molar refractivity (Wildman–Crippen MR) is 17.0 cm³/mol. The van der Waals surface area contributed by atoms with Crippen molar-refractivity contribution in [3.63, 3.8) is 0 Å². The van der Waals surface area contributed by atoms with Gasteiger partial charge in [-0.2, -0.15) is 0 Å². The Labute approximate surface area is 33.1 Å². The Bertz CT molecular complexity index is 6.00. The molecule has 22 valence electrons. The SMILES string of the molecule is [N].[N].[P]Cl. The standard InChI is InChI=1S/ClP.2N/c1-2;;. The first-order valence-corrected chi connectivity index (χ1v) is 1.52. The zero-order valence-corrected chi connectivity index (χ0v) is 3.37. The first kappa shape index (κ1) is 22.9. The van der Waals surface area contributed by atoms with E-state index in [1.165, 1.54) is 0 Å². The third-order valence-electron chi connectivity index (χ3n) is 0. The minimum atomic E-state index is 0. The highest BCUT2D eigenvalue weighted by Gasteiger charge is 1.00. The number of hydrogen-bond donors (Lipinski definition) is 0. The van der Waals surface area contributed by atoms with Crippen LogP contribution in [0, 0.1) is 0 Å². The van der Waals surface area contributed by atoms with Crippen LogP contribution in [0.15, 0.2) is 0 Å². The minimum Gasteiger partial charge on any atom is -0.0828 e. The molecular formula is ClN2P. The summed E-state index contributed by atoms with van der Waals surface area (Å²) in [7, 11) is 3.00. The van der Waals surface area contributed by atoms with Crippen LogP contribution in [-0.4, -0.2) is 0 Å². The number of hydrogen-bond acceptors (Lipinski definition) is 0. The lowest BCUT2D eigenvalue weighted by atomic mass is 14.0. The Morgan fingerprint density at radius 3 is 1.00 bits per heavy atom. The van der Waals surface area contributed by atoms with E-state index in [9.17, 15) is 0 Å². The monoisotopic (exact) mass is 93.9 g/mol. The van der Waals surface area contributed by atoms with Gasteiger partial charge in [0.25, 0.3) is 0 Å². The summed E-state index contributed by atoms with van der Waals surface area (Å²) in [6.07, 6.45) is 0. The van der Waals surface area contributed by atoms with Crippen LogP contribution < -0.4 is 12.3 Å². The number of rotatable bonds is 0. The summed E-state index contributed by atoms with van der Waals surface area (Å²) in [4.78, 5) is 0. The molecule has 0 aromatic rings. The van der Waals surface area contributed by atoms with Crippen LogP contribution >= 0.6 is 19.8 Å². The molecule has 0 bridgehead atoms. The van der Waals surface area contributed by atoms with E-state index in [1.807, 2.05) is 0 Å². The molecule has 0 amide bonds. The van der Waals surface area contributed by atoms with E-state index in [2.05, 4.69) is 19.8 Å². The highest BCUT2D eigenvalue weighted by Crippen LogP contribution is 1.78. The molecule has 4 heteroatoms. The van der Waals surface area contributed by atoms with Gasteiger partial charge in [0.05, 0.1) is 8.59 Å². The summed E-state index contributed by atoms with van der Waals surface area (Å²) in [5.41, 5.74) is 0. The largest absolute Gasteiger partial charge is 0.0828 e. The van der Waals surface area contributed by atoms with E-state index in [4.69, 9.17) is 0 Å². The molecule has 0 aliphatic carbocycles. The lowest BCUT2D eigenvalue weighted by Crippen LogP contribution is -0.482. The van der Waals surface area contributed by atoms with E-state index in [1.54, 1.807) is 0 Å². The van der Waals surface area contributed by atoms with Crippen molar-refractivity contribution in [3.05, 3.63) is 0 Å². The van der Waals surface area contributed by atoms with Gasteiger partial charge in [-0.25, -0.2) is 0 Å². The minimum absolute atomic E-state index is 0. The Hall–Kier alpha value is 0.640.